The molecule has 0 saturated carbocycles. The molecule has 0 amide bonds. The molecule has 0 aliphatic rings. The van der Waals surface area contributed by atoms with Gasteiger partial charge in [-0.25, -0.2) is 4.98 Å². The maximum Gasteiger partial charge on any atom is 0.141 e. The summed E-state index contributed by atoms with van der Waals surface area (Å²) in [6.45, 7) is 4.30. The second-order valence-corrected chi connectivity index (χ2v) is 4.68. The van der Waals surface area contributed by atoms with Gasteiger partial charge in [-0.05, 0) is 32.3 Å². The highest BCUT2D eigenvalue weighted by Gasteiger charge is 2.11. The van der Waals surface area contributed by atoms with Crippen molar-refractivity contribution in [3.8, 4) is 0 Å². The van der Waals surface area contributed by atoms with Crippen LogP contribution in [0.3, 0.4) is 0 Å². The summed E-state index contributed by atoms with van der Waals surface area (Å²) in [5.74, 6) is 0.890. The van der Waals surface area contributed by atoms with E-state index in [9.17, 15) is 0 Å². The third-order valence-electron chi connectivity index (χ3n) is 3.09. The minimum atomic E-state index is 0.207. The smallest absolute Gasteiger partial charge is 0.141 e. The summed E-state index contributed by atoms with van der Waals surface area (Å²) in [5.41, 5.74) is 1.39. The molecule has 0 spiro atoms. The van der Waals surface area contributed by atoms with Crippen LogP contribution in [-0.2, 0) is 6.42 Å². The molecule has 0 saturated heterocycles. The van der Waals surface area contributed by atoms with Crippen LogP contribution in [0.4, 0.5) is 0 Å². The fourth-order valence-electron chi connectivity index (χ4n) is 2.04. The zero-order chi connectivity index (χ0) is 12.8. The van der Waals surface area contributed by atoms with E-state index in [1.165, 1.54) is 5.56 Å². The van der Waals surface area contributed by atoms with Crippen molar-refractivity contribution in [1.29, 1.82) is 0 Å². The van der Waals surface area contributed by atoms with Gasteiger partial charge in [0.15, 0.2) is 0 Å². The SMILES string of the molecule is CC(CCc1ccccc1)NC(C)c1ncn[nH]1. The molecule has 0 fully saturated rings. The van der Waals surface area contributed by atoms with Crippen molar-refractivity contribution in [2.75, 3.05) is 0 Å². The number of hydrogen-bond acceptors (Lipinski definition) is 3. The molecule has 1 aromatic heterocycles. The maximum atomic E-state index is 4.16. The fraction of sp³-hybridized carbons (Fsp3) is 0.429. The fourth-order valence-corrected chi connectivity index (χ4v) is 2.04. The molecule has 4 nitrogen and oxygen atoms in total. The van der Waals surface area contributed by atoms with Gasteiger partial charge in [-0.15, -0.1) is 0 Å². The van der Waals surface area contributed by atoms with Gasteiger partial charge in [0.05, 0.1) is 6.04 Å². The highest BCUT2D eigenvalue weighted by molar-refractivity contribution is 5.14. The Morgan fingerprint density at radius 2 is 2.00 bits per heavy atom. The first-order valence-corrected chi connectivity index (χ1v) is 6.41. The van der Waals surface area contributed by atoms with E-state index in [2.05, 4.69) is 64.7 Å². The Morgan fingerprint density at radius 1 is 1.22 bits per heavy atom. The topological polar surface area (TPSA) is 53.6 Å². The van der Waals surface area contributed by atoms with Crippen molar-refractivity contribution < 1.29 is 0 Å². The highest BCUT2D eigenvalue weighted by atomic mass is 15.2. The first kappa shape index (κ1) is 12.8. The first-order chi connectivity index (χ1) is 8.75. The molecular weight excluding hydrogens is 224 g/mol. The quantitative estimate of drug-likeness (QED) is 0.820. The summed E-state index contributed by atoms with van der Waals surface area (Å²) in [6, 6.07) is 11.2. The number of nitrogens with one attached hydrogen (secondary N) is 2. The molecule has 2 aromatic rings. The van der Waals surface area contributed by atoms with Crippen LogP contribution in [0, 0.1) is 0 Å². The number of aryl methyl sites for hydroxylation is 1. The molecule has 2 unspecified atom stereocenters. The second kappa shape index (κ2) is 6.31. The van der Waals surface area contributed by atoms with Gasteiger partial charge in [-0.3, -0.25) is 5.10 Å². The Kier molecular flexibility index (Phi) is 4.47. The number of rotatable bonds is 6. The first-order valence-electron chi connectivity index (χ1n) is 6.41. The van der Waals surface area contributed by atoms with Gasteiger partial charge in [0.2, 0.25) is 0 Å². The normalized spacial score (nSPS) is 14.3. The van der Waals surface area contributed by atoms with E-state index in [0.29, 0.717) is 6.04 Å². The van der Waals surface area contributed by atoms with Crippen LogP contribution < -0.4 is 5.32 Å². The van der Waals surface area contributed by atoms with Gasteiger partial charge in [-0.1, -0.05) is 30.3 Å². The third-order valence-corrected chi connectivity index (χ3v) is 3.09. The lowest BCUT2D eigenvalue weighted by molar-refractivity contribution is 0.444. The molecular formula is C14H20N4. The average molecular weight is 244 g/mol. The van der Waals surface area contributed by atoms with Crippen LogP contribution in [0.25, 0.3) is 0 Å². The predicted molar refractivity (Wildman–Crippen MR) is 72.2 cm³/mol. The molecule has 2 atom stereocenters. The molecule has 1 heterocycles. The molecule has 18 heavy (non-hydrogen) atoms. The number of benzene rings is 1. The minimum Gasteiger partial charge on any atom is -0.305 e. The molecule has 96 valence electrons. The zero-order valence-corrected chi connectivity index (χ0v) is 10.9. The third kappa shape index (κ3) is 3.67. The van der Waals surface area contributed by atoms with E-state index in [1.54, 1.807) is 6.33 Å². The van der Waals surface area contributed by atoms with Gasteiger partial charge in [0.1, 0.15) is 12.2 Å². The number of nitrogens with zero attached hydrogens (tertiary/aromatic N) is 2. The van der Waals surface area contributed by atoms with E-state index in [1.807, 2.05) is 0 Å². The van der Waals surface area contributed by atoms with Crippen molar-refractivity contribution in [3.63, 3.8) is 0 Å². The van der Waals surface area contributed by atoms with E-state index in [4.69, 9.17) is 0 Å². The van der Waals surface area contributed by atoms with Crippen LogP contribution in [-0.4, -0.2) is 21.2 Å². The minimum absolute atomic E-state index is 0.207. The number of aromatic amines is 1. The van der Waals surface area contributed by atoms with Crippen LogP contribution in [0.2, 0.25) is 0 Å². The molecule has 1 aromatic carbocycles. The van der Waals surface area contributed by atoms with Gasteiger partial charge >= 0.3 is 0 Å². The Labute approximate surface area is 108 Å². The molecule has 2 N–H and O–H groups in total. The average Bonchev–Trinajstić information content (AvgIpc) is 2.91. The zero-order valence-electron chi connectivity index (χ0n) is 10.9. The highest BCUT2D eigenvalue weighted by Crippen LogP contribution is 2.09. The lowest BCUT2D eigenvalue weighted by Gasteiger charge is -2.18. The van der Waals surface area contributed by atoms with Crippen LogP contribution in [0.5, 0.6) is 0 Å². The molecule has 0 radical (unpaired) electrons. The summed E-state index contributed by atoms with van der Waals surface area (Å²) in [7, 11) is 0. The molecule has 0 bridgehead atoms. The predicted octanol–water partition coefficient (Wildman–Crippen LogP) is 2.48. The molecule has 2 rings (SSSR count). The number of H-pyrrole nitrogens is 1. The van der Waals surface area contributed by atoms with Crippen molar-refractivity contribution in [3.05, 3.63) is 48.0 Å². The van der Waals surface area contributed by atoms with Crippen LogP contribution >= 0.6 is 0 Å². The van der Waals surface area contributed by atoms with Gasteiger partial charge in [0.25, 0.3) is 0 Å². The van der Waals surface area contributed by atoms with Crippen molar-refractivity contribution in [2.45, 2.75) is 38.8 Å². The van der Waals surface area contributed by atoms with Crippen molar-refractivity contribution >= 4 is 0 Å². The van der Waals surface area contributed by atoms with Crippen LogP contribution in [0.15, 0.2) is 36.7 Å². The molecule has 0 aliphatic carbocycles. The number of aromatic nitrogens is 3. The lowest BCUT2D eigenvalue weighted by Crippen LogP contribution is -2.30. The van der Waals surface area contributed by atoms with Crippen LogP contribution in [0.1, 0.15) is 37.7 Å². The van der Waals surface area contributed by atoms with Gasteiger partial charge in [-0.2, -0.15) is 5.10 Å². The van der Waals surface area contributed by atoms with E-state index >= 15 is 0 Å². The standard InChI is InChI=1S/C14H20N4/c1-11(8-9-13-6-4-3-5-7-13)17-12(2)14-15-10-16-18-14/h3-7,10-12,17H,8-9H2,1-2H3,(H,15,16,18). The molecule has 4 heteroatoms. The second-order valence-electron chi connectivity index (χ2n) is 4.68. The lowest BCUT2D eigenvalue weighted by atomic mass is 10.1. The summed E-state index contributed by atoms with van der Waals surface area (Å²) in [5, 5.41) is 10.3. The van der Waals surface area contributed by atoms with Gasteiger partial charge in [0, 0.05) is 6.04 Å². The largest absolute Gasteiger partial charge is 0.305 e. The van der Waals surface area contributed by atoms with E-state index in [-0.39, 0.29) is 6.04 Å². The van der Waals surface area contributed by atoms with E-state index in [0.717, 1.165) is 18.7 Å². The van der Waals surface area contributed by atoms with E-state index < -0.39 is 0 Å². The monoisotopic (exact) mass is 244 g/mol. The summed E-state index contributed by atoms with van der Waals surface area (Å²) in [4.78, 5) is 4.16. The summed E-state index contributed by atoms with van der Waals surface area (Å²) in [6.07, 6.45) is 3.75. The summed E-state index contributed by atoms with van der Waals surface area (Å²) < 4.78 is 0. The van der Waals surface area contributed by atoms with Crippen molar-refractivity contribution in [1.82, 2.24) is 20.5 Å². The Hall–Kier alpha value is -1.68. The number of hydrogen-bond donors (Lipinski definition) is 2. The Morgan fingerprint density at radius 3 is 2.67 bits per heavy atom. The van der Waals surface area contributed by atoms with Crippen molar-refractivity contribution in [2.24, 2.45) is 0 Å². The summed E-state index contributed by atoms with van der Waals surface area (Å²) >= 11 is 0. The maximum absolute atomic E-state index is 4.16. The Balaban J connectivity index is 1.77. The Bertz CT molecular complexity index is 438. The van der Waals surface area contributed by atoms with Gasteiger partial charge < -0.3 is 5.32 Å². The molecule has 0 aliphatic heterocycles.